The fraction of sp³-hybridized carbons (Fsp3) is 0.375. The Balaban J connectivity index is 2.78. The maximum absolute atomic E-state index is 4.39. The Morgan fingerprint density at radius 3 is 2.92 bits per heavy atom. The summed E-state index contributed by atoms with van der Waals surface area (Å²) in [6.45, 7) is 4.18. The largest absolute Gasteiger partial charge is 0.244 e. The van der Waals surface area contributed by atoms with Crippen LogP contribution in [0.3, 0.4) is 0 Å². The molecule has 0 saturated carbocycles. The van der Waals surface area contributed by atoms with Crippen LogP contribution in [0.25, 0.3) is 11.0 Å². The van der Waals surface area contributed by atoms with E-state index < -0.39 is 0 Å². The number of hydrogen-bond acceptors (Lipinski definition) is 3. The molecule has 0 radical (unpaired) electrons. The average Bonchev–Trinajstić information content (AvgIpc) is 2.45. The Morgan fingerprint density at radius 2 is 2.23 bits per heavy atom. The predicted octanol–water partition coefficient (Wildman–Crippen LogP) is 2.01. The molecule has 0 N–H and O–H groups in total. The third-order valence-electron chi connectivity index (χ3n) is 1.82. The summed E-state index contributed by atoms with van der Waals surface area (Å²) in [5.41, 5.74) is 0.911. The van der Waals surface area contributed by atoms with Gasteiger partial charge in [0.25, 0.3) is 0 Å². The van der Waals surface area contributed by atoms with E-state index in [1.54, 1.807) is 12.5 Å². The van der Waals surface area contributed by atoms with Crippen LogP contribution in [0.4, 0.5) is 0 Å². The van der Waals surface area contributed by atoms with Crippen molar-refractivity contribution in [3.8, 4) is 0 Å². The van der Waals surface area contributed by atoms with Gasteiger partial charge in [0.05, 0.1) is 5.39 Å². The first-order valence-corrected chi connectivity index (χ1v) is 5.11. The fourth-order valence-electron chi connectivity index (χ4n) is 1.21. The van der Waals surface area contributed by atoms with Crippen LogP contribution in [0.5, 0.6) is 0 Å². The van der Waals surface area contributed by atoms with E-state index in [0.717, 1.165) is 14.7 Å². The number of aromatic nitrogens is 4. The van der Waals surface area contributed by atoms with Gasteiger partial charge in [-0.1, -0.05) is 0 Å². The summed E-state index contributed by atoms with van der Waals surface area (Å²) < 4.78 is 2.88. The lowest BCUT2D eigenvalue weighted by Crippen LogP contribution is -2.03. The van der Waals surface area contributed by atoms with Gasteiger partial charge in [0, 0.05) is 12.2 Å². The Hall–Kier alpha value is -0.720. The second kappa shape index (κ2) is 3.21. The quantitative estimate of drug-likeness (QED) is 0.754. The van der Waals surface area contributed by atoms with Crippen molar-refractivity contribution in [3.05, 3.63) is 16.2 Å². The van der Waals surface area contributed by atoms with Crippen molar-refractivity contribution in [2.24, 2.45) is 0 Å². The third-order valence-corrected chi connectivity index (χ3v) is 2.61. The van der Waals surface area contributed by atoms with E-state index in [2.05, 4.69) is 51.5 Å². The number of hydrogen-bond donors (Lipinski definition) is 0. The van der Waals surface area contributed by atoms with Crippen LogP contribution >= 0.6 is 22.6 Å². The minimum absolute atomic E-state index is 0.334. The third kappa shape index (κ3) is 1.41. The molecule has 0 aromatic carbocycles. The highest BCUT2D eigenvalue weighted by atomic mass is 127. The lowest BCUT2D eigenvalue weighted by molar-refractivity contribution is 0.543. The Bertz CT molecular complexity index is 435. The van der Waals surface area contributed by atoms with Crippen LogP contribution in [-0.4, -0.2) is 19.7 Å². The van der Waals surface area contributed by atoms with Gasteiger partial charge < -0.3 is 0 Å². The standard InChI is InChI=1S/C8H9IN4/c1-5(2)13-8-6(7(9)12-13)3-10-4-11-8/h3-5H,1-2H3. The molecule has 0 amide bonds. The smallest absolute Gasteiger partial charge is 0.162 e. The molecule has 2 aromatic heterocycles. The molecular weight excluding hydrogens is 279 g/mol. The minimum Gasteiger partial charge on any atom is -0.244 e. The zero-order chi connectivity index (χ0) is 9.42. The molecule has 0 aliphatic heterocycles. The lowest BCUT2D eigenvalue weighted by Gasteiger charge is -2.04. The molecule has 0 atom stereocenters. The summed E-state index contributed by atoms with van der Waals surface area (Å²) in [5.74, 6) is 0. The minimum atomic E-state index is 0.334. The van der Waals surface area contributed by atoms with Crippen LogP contribution in [0.2, 0.25) is 0 Å². The Kier molecular flexibility index (Phi) is 2.19. The van der Waals surface area contributed by atoms with Gasteiger partial charge in [-0.15, -0.1) is 0 Å². The molecule has 0 unspecified atom stereocenters. The van der Waals surface area contributed by atoms with Gasteiger partial charge in [-0.2, -0.15) is 5.10 Å². The molecule has 0 aliphatic rings. The zero-order valence-corrected chi connectivity index (χ0v) is 9.56. The first kappa shape index (κ1) is 8.86. The van der Waals surface area contributed by atoms with Crippen molar-refractivity contribution >= 4 is 33.6 Å². The van der Waals surface area contributed by atoms with Crippen molar-refractivity contribution < 1.29 is 0 Å². The monoisotopic (exact) mass is 288 g/mol. The fourth-order valence-corrected chi connectivity index (χ4v) is 1.82. The molecule has 0 aliphatic carbocycles. The second-order valence-electron chi connectivity index (χ2n) is 3.09. The van der Waals surface area contributed by atoms with Crippen LogP contribution in [-0.2, 0) is 0 Å². The average molecular weight is 288 g/mol. The molecule has 5 heteroatoms. The molecule has 68 valence electrons. The summed E-state index contributed by atoms with van der Waals surface area (Å²) >= 11 is 2.20. The van der Waals surface area contributed by atoms with Crippen molar-refractivity contribution in [2.45, 2.75) is 19.9 Å². The van der Waals surface area contributed by atoms with Gasteiger partial charge >= 0.3 is 0 Å². The van der Waals surface area contributed by atoms with E-state index in [9.17, 15) is 0 Å². The van der Waals surface area contributed by atoms with Crippen molar-refractivity contribution in [1.82, 2.24) is 19.7 Å². The van der Waals surface area contributed by atoms with E-state index in [1.807, 2.05) is 4.68 Å². The van der Waals surface area contributed by atoms with Gasteiger partial charge in [0.1, 0.15) is 10.0 Å². The molecule has 0 spiro atoms. The maximum atomic E-state index is 4.39. The van der Waals surface area contributed by atoms with Crippen LogP contribution in [0.15, 0.2) is 12.5 Å². The molecule has 13 heavy (non-hydrogen) atoms. The van der Waals surface area contributed by atoms with Crippen molar-refractivity contribution in [2.75, 3.05) is 0 Å². The first-order chi connectivity index (χ1) is 6.20. The van der Waals surface area contributed by atoms with Gasteiger partial charge in [0.2, 0.25) is 0 Å². The van der Waals surface area contributed by atoms with Gasteiger partial charge in [0.15, 0.2) is 5.65 Å². The molecule has 2 aromatic rings. The number of halogens is 1. The Labute approximate surface area is 89.5 Å². The van der Waals surface area contributed by atoms with Crippen LogP contribution in [0.1, 0.15) is 19.9 Å². The summed E-state index contributed by atoms with van der Waals surface area (Å²) in [7, 11) is 0. The highest BCUT2D eigenvalue weighted by Crippen LogP contribution is 2.19. The molecule has 2 rings (SSSR count). The summed E-state index contributed by atoms with van der Waals surface area (Å²) in [6, 6.07) is 0.334. The van der Waals surface area contributed by atoms with E-state index in [0.29, 0.717) is 6.04 Å². The van der Waals surface area contributed by atoms with Crippen LogP contribution in [0, 0.1) is 3.70 Å². The highest BCUT2D eigenvalue weighted by molar-refractivity contribution is 14.1. The van der Waals surface area contributed by atoms with E-state index in [4.69, 9.17) is 0 Å². The lowest BCUT2D eigenvalue weighted by atomic mass is 10.4. The second-order valence-corrected chi connectivity index (χ2v) is 4.11. The number of nitrogens with zero attached hydrogens (tertiary/aromatic N) is 4. The van der Waals surface area contributed by atoms with E-state index in [-0.39, 0.29) is 0 Å². The highest BCUT2D eigenvalue weighted by Gasteiger charge is 2.10. The molecule has 2 heterocycles. The van der Waals surface area contributed by atoms with Gasteiger partial charge in [-0.05, 0) is 36.4 Å². The zero-order valence-electron chi connectivity index (χ0n) is 7.40. The van der Waals surface area contributed by atoms with Crippen molar-refractivity contribution in [3.63, 3.8) is 0 Å². The van der Waals surface area contributed by atoms with Gasteiger partial charge in [-0.25, -0.2) is 14.6 Å². The van der Waals surface area contributed by atoms with Crippen LogP contribution < -0.4 is 0 Å². The predicted molar refractivity (Wildman–Crippen MR) is 58.4 cm³/mol. The normalized spacial score (nSPS) is 11.4. The summed E-state index contributed by atoms with van der Waals surface area (Å²) in [6.07, 6.45) is 3.36. The molecule has 0 fully saturated rings. The SMILES string of the molecule is CC(C)n1nc(I)c2cncnc21. The molecule has 4 nitrogen and oxygen atoms in total. The van der Waals surface area contributed by atoms with E-state index in [1.165, 1.54) is 0 Å². The molecule has 0 saturated heterocycles. The Morgan fingerprint density at radius 1 is 1.46 bits per heavy atom. The summed E-state index contributed by atoms with van der Waals surface area (Å²) in [4.78, 5) is 8.18. The first-order valence-electron chi connectivity index (χ1n) is 4.04. The van der Waals surface area contributed by atoms with Crippen molar-refractivity contribution in [1.29, 1.82) is 0 Å². The van der Waals surface area contributed by atoms with Gasteiger partial charge in [-0.3, -0.25) is 0 Å². The number of fused-ring (bicyclic) bond motifs is 1. The number of rotatable bonds is 1. The maximum Gasteiger partial charge on any atom is 0.162 e. The topological polar surface area (TPSA) is 43.6 Å². The summed E-state index contributed by atoms with van der Waals surface area (Å²) in [5, 5.41) is 5.41. The molecular formula is C8H9IN4. The van der Waals surface area contributed by atoms with E-state index >= 15 is 0 Å². The molecule has 0 bridgehead atoms.